The molecule has 1 aromatic carbocycles. The Morgan fingerprint density at radius 1 is 1.42 bits per heavy atom. The van der Waals surface area contributed by atoms with Crippen molar-refractivity contribution in [2.45, 2.75) is 38.8 Å². The number of hydrogen-bond acceptors (Lipinski definition) is 3. The average Bonchev–Trinajstić information content (AvgIpc) is 2.39. The van der Waals surface area contributed by atoms with Crippen molar-refractivity contribution < 1.29 is 9.13 Å². The van der Waals surface area contributed by atoms with E-state index in [1.807, 2.05) is 19.9 Å². The van der Waals surface area contributed by atoms with Gasteiger partial charge in [0.1, 0.15) is 5.82 Å². The van der Waals surface area contributed by atoms with Crippen LogP contribution in [0, 0.1) is 5.82 Å². The molecule has 106 valence electrons. The van der Waals surface area contributed by atoms with Crippen LogP contribution in [0.4, 0.5) is 10.1 Å². The fourth-order valence-electron chi connectivity index (χ4n) is 2.75. The molecule has 2 N–H and O–H groups in total. The lowest BCUT2D eigenvalue weighted by atomic mass is 10.0. The Morgan fingerprint density at radius 2 is 2.11 bits per heavy atom. The van der Waals surface area contributed by atoms with Gasteiger partial charge in [-0.2, -0.15) is 0 Å². The first kappa shape index (κ1) is 14.3. The largest absolute Gasteiger partial charge is 0.378 e. The molecule has 0 unspecified atom stereocenters. The van der Waals surface area contributed by atoms with E-state index in [9.17, 15) is 4.39 Å². The number of halogens is 1. The maximum Gasteiger partial charge on any atom is 0.130 e. The molecule has 0 aliphatic carbocycles. The highest BCUT2D eigenvalue weighted by molar-refractivity contribution is 5.55. The van der Waals surface area contributed by atoms with Gasteiger partial charge < -0.3 is 15.4 Å². The Morgan fingerprint density at radius 3 is 2.68 bits per heavy atom. The van der Waals surface area contributed by atoms with Gasteiger partial charge in [-0.25, -0.2) is 4.39 Å². The molecule has 1 aliphatic heterocycles. The monoisotopic (exact) mass is 266 g/mol. The van der Waals surface area contributed by atoms with E-state index < -0.39 is 0 Å². The molecule has 2 rings (SSSR count). The van der Waals surface area contributed by atoms with Crippen LogP contribution in [0.25, 0.3) is 0 Å². The summed E-state index contributed by atoms with van der Waals surface area (Å²) in [4.78, 5) is 2.22. The van der Waals surface area contributed by atoms with Gasteiger partial charge in [-0.3, -0.25) is 0 Å². The number of nitrogens with two attached hydrogens (primary N) is 1. The number of piperidine rings is 1. The second kappa shape index (κ2) is 6.35. The SMILES string of the molecule is CCOC1CCN(c2cccc(F)c2[C@@H](C)N)CC1. The minimum Gasteiger partial charge on any atom is -0.378 e. The lowest BCUT2D eigenvalue weighted by Crippen LogP contribution is -2.38. The summed E-state index contributed by atoms with van der Waals surface area (Å²) >= 11 is 0. The number of hydrogen-bond donors (Lipinski definition) is 1. The van der Waals surface area contributed by atoms with Crippen LogP contribution >= 0.6 is 0 Å². The lowest BCUT2D eigenvalue weighted by molar-refractivity contribution is 0.0459. The molecule has 1 heterocycles. The highest BCUT2D eigenvalue weighted by Gasteiger charge is 2.23. The minimum atomic E-state index is -0.291. The zero-order chi connectivity index (χ0) is 13.8. The molecule has 0 radical (unpaired) electrons. The third-order valence-corrected chi connectivity index (χ3v) is 3.67. The zero-order valence-electron chi connectivity index (χ0n) is 11.7. The van der Waals surface area contributed by atoms with Crippen LogP contribution in [-0.4, -0.2) is 25.8 Å². The highest BCUT2D eigenvalue weighted by atomic mass is 19.1. The van der Waals surface area contributed by atoms with E-state index in [2.05, 4.69) is 4.90 Å². The van der Waals surface area contributed by atoms with Crippen molar-refractivity contribution in [2.75, 3.05) is 24.6 Å². The molecule has 1 aliphatic rings. The Bertz CT molecular complexity index is 415. The summed E-state index contributed by atoms with van der Waals surface area (Å²) in [5.74, 6) is -0.209. The van der Waals surface area contributed by atoms with Crippen LogP contribution in [-0.2, 0) is 4.74 Å². The van der Waals surface area contributed by atoms with Crippen LogP contribution in [0.1, 0.15) is 38.3 Å². The molecule has 0 aromatic heterocycles. The lowest BCUT2D eigenvalue weighted by Gasteiger charge is -2.35. The van der Waals surface area contributed by atoms with E-state index >= 15 is 0 Å². The minimum absolute atomic E-state index is 0.209. The van der Waals surface area contributed by atoms with Crippen molar-refractivity contribution in [1.29, 1.82) is 0 Å². The molecule has 1 fully saturated rings. The standard InChI is InChI=1S/C15H23FN2O/c1-3-19-12-7-9-18(10-8-12)14-6-4-5-13(16)15(14)11(2)17/h4-6,11-12H,3,7-10,17H2,1-2H3/t11-/m1/s1. The van der Waals surface area contributed by atoms with Crippen LogP contribution in [0.15, 0.2) is 18.2 Å². The first-order valence-electron chi connectivity index (χ1n) is 7.04. The molecule has 0 amide bonds. The summed E-state index contributed by atoms with van der Waals surface area (Å²) in [5.41, 5.74) is 7.46. The molecular formula is C15H23FN2O. The summed E-state index contributed by atoms with van der Waals surface area (Å²) in [6.07, 6.45) is 2.32. The van der Waals surface area contributed by atoms with Gasteiger partial charge in [-0.05, 0) is 38.8 Å². The fourth-order valence-corrected chi connectivity index (χ4v) is 2.75. The van der Waals surface area contributed by atoms with E-state index in [0.717, 1.165) is 38.2 Å². The Labute approximate surface area is 114 Å². The normalized spacial score (nSPS) is 18.6. The van der Waals surface area contributed by atoms with Crippen molar-refractivity contribution in [3.8, 4) is 0 Å². The van der Waals surface area contributed by atoms with Gasteiger partial charge >= 0.3 is 0 Å². The van der Waals surface area contributed by atoms with E-state index in [4.69, 9.17) is 10.5 Å². The van der Waals surface area contributed by atoms with Crippen molar-refractivity contribution in [1.82, 2.24) is 0 Å². The second-order valence-electron chi connectivity index (χ2n) is 5.10. The van der Waals surface area contributed by atoms with E-state index in [-0.39, 0.29) is 11.9 Å². The second-order valence-corrected chi connectivity index (χ2v) is 5.10. The van der Waals surface area contributed by atoms with E-state index in [1.165, 1.54) is 6.07 Å². The number of rotatable bonds is 4. The molecular weight excluding hydrogens is 243 g/mol. The molecule has 0 bridgehead atoms. The van der Waals surface area contributed by atoms with E-state index in [1.54, 1.807) is 6.07 Å². The molecule has 1 aromatic rings. The maximum absolute atomic E-state index is 13.9. The number of anilines is 1. The topological polar surface area (TPSA) is 38.5 Å². The first-order valence-corrected chi connectivity index (χ1v) is 7.04. The zero-order valence-corrected chi connectivity index (χ0v) is 11.7. The van der Waals surface area contributed by atoms with Crippen LogP contribution in [0.2, 0.25) is 0 Å². The smallest absolute Gasteiger partial charge is 0.130 e. The quantitative estimate of drug-likeness (QED) is 0.910. The van der Waals surface area contributed by atoms with Gasteiger partial charge in [0.15, 0.2) is 0 Å². The maximum atomic E-state index is 13.9. The van der Waals surface area contributed by atoms with Gasteiger partial charge in [0.2, 0.25) is 0 Å². The van der Waals surface area contributed by atoms with Crippen molar-refractivity contribution in [2.24, 2.45) is 5.73 Å². The van der Waals surface area contributed by atoms with E-state index in [0.29, 0.717) is 11.7 Å². The third-order valence-electron chi connectivity index (χ3n) is 3.67. The summed E-state index contributed by atoms with van der Waals surface area (Å²) in [7, 11) is 0. The number of benzene rings is 1. The fraction of sp³-hybridized carbons (Fsp3) is 0.600. The summed E-state index contributed by atoms with van der Waals surface area (Å²) in [5, 5.41) is 0. The van der Waals surface area contributed by atoms with Gasteiger partial charge in [-0.15, -0.1) is 0 Å². The third kappa shape index (κ3) is 3.25. The van der Waals surface area contributed by atoms with Gasteiger partial charge in [0.25, 0.3) is 0 Å². The highest BCUT2D eigenvalue weighted by Crippen LogP contribution is 2.30. The Hall–Kier alpha value is -1.13. The van der Waals surface area contributed by atoms with Gasteiger partial charge in [0, 0.05) is 37.0 Å². The molecule has 1 atom stereocenters. The predicted molar refractivity (Wildman–Crippen MR) is 75.9 cm³/mol. The summed E-state index contributed by atoms with van der Waals surface area (Å²) < 4.78 is 19.6. The van der Waals surface area contributed by atoms with Crippen molar-refractivity contribution in [3.05, 3.63) is 29.6 Å². The average molecular weight is 266 g/mol. The summed E-state index contributed by atoms with van der Waals surface area (Å²) in [6, 6.07) is 4.91. The summed E-state index contributed by atoms with van der Waals surface area (Å²) in [6.45, 7) is 6.40. The molecule has 19 heavy (non-hydrogen) atoms. The van der Waals surface area contributed by atoms with Gasteiger partial charge in [-0.1, -0.05) is 6.07 Å². The molecule has 0 spiro atoms. The first-order chi connectivity index (χ1) is 9.13. The van der Waals surface area contributed by atoms with Crippen molar-refractivity contribution in [3.63, 3.8) is 0 Å². The molecule has 1 saturated heterocycles. The number of nitrogens with zero attached hydrogens (tertiary/aromatic N) is 1. The molecule has 3 nitrogen and oxygen atoms in total. The van der Waals surface area contributed by atoms with Crippen molar-refractivity contribution >= 4 is 5.69 Å². The number of ether oxygens (including phenoxy) is 1. The van der Waals surface area contributed by atoms with Crippen LogP contribution < -0.4 is 10.6 Å². The Kier molecular flexibility index (Phi) is 4.77. The Balaban J connectivity index is 2.13. The predicted octanol–water partition coefficient (Wildman–Crippen LogP) is 2.85. The molecule has 0 saturated carbocycles. The van der Waals surface area contributed by atoms with Crippen LogP contribution in [0.5, 0.6) is 0 Å². The van der Waals surface area contributed by atoms with Crippen LogP contribution in [0.3, 0.4) is 0 Å². The molecule has 4 heteroatoms. The van der Waals surface area contributed by atoms with Gasteiger partial charge in [0.05, 0.1) is 6.10 Å².